The zero-order chi connectivity index (χ0) is 15.4. The summed E-state index contributed by atoms with van der Waals surface area (Å²) in [6.45, 7) is 0. The van der Waals surface area contributed by atoms with Gasteiger partial charge in [-0.15, -0.1) is 0 Å². The molecule has 6 nitrogen and oxygen atoms in total. The smallest absolute Gasteiger partial charge is 0.211 e. The van der Waals surface area contributed by atoms with Gasteiger partial charge in [0, 0.05) is 44.7 Å². The van der Waals surface area contributed by atoms with Crippen LogP contribution in [0.25, 0.3) is 5.69 Å². The lowest BCUT2D eigenvalue weighted by molar-refractivity contribution is 0.103. The number of hydrogen-bond donors (Lipinski definition) is 1. The molecule has 1 aromatic carbocycles. The molecule has 1 aromatic heterocycles. The molecule has 0 bridgehead atoms. The molecule has 0 unspecified atom stereocenters. The molecule has 6 heteroatoms. The number of ketones is 1. The summed E-state index contributed by atoms with van der Waals surface area (Å²) < 4.78 is 1.37. The van der Waals surface area contributed by atoms with E-state index < -0.39 is 11.2 Å². The van der Waals surface area contributed by atoms with E-state index in [0.717, 1.165) is 0 Å². The number of carbonyl (C=O) groups excluding carboxylic acids is 1. The third kappa shape index (κ3) is 3.56. The Balaban J connectivity index is 2.42. The maximum absolute atomic E-state index is 12.0. The van der Waals surface area contributed by atoms with E-state index in [4.69, 9.17) is 0 Å². The van der Waals surface area contributed by atoms with Crippen LogP contribution >= 0.6 is 0 Å². The first-order valence-electron chi connectivity index (χ1n) is 6.26. The number of carbonyl (C=O) groups is 1. The largest absolute Gasteiger partial charge is 0.508 e. The van der Waals surface area contributed by atoms with E-state index >= 15 is 0 Å². The lowest BCUT2D eigenvalue weighted by atomic mass is 10.2. The van der Waals surface area contributed by atoms with Crippen LogP contribution in [0.1, 0.15) is 10.5 Å². The molecule has 0 spiro atoms. The molecule has 0 amide bonds. The Labute approximate surface area is 121 Å². The van der Waals surface area contributed by atoms with E-state index in [1.54, 1.807) is 37.3 Å². The summed E-state index contributed by atoms with van der Waals surface area (Å²) in [7, 11) is 3.54. The fourth-order valence-corrected chi connectivity index (χ4v) is 1.65. The molecule has 0 atom stereocenters. The minimum absolute atomic E-state index is 0.0772. The highest BCUT2D eigenvalue weighted by Gasteiger charge is 2.10. The first-order chi connectivity index (χ1) is 9.97. The summed E-state index contributed by atoms with van der Waals surface area (Å²) in [4.78, 5) is 25.4. The van der Waals surface area contributed by atoms with Crippen molar-refractivity contribution in [1.82, 2.24) is 14.7 Å². The van der Waals surface area contributed by atoms with Gasteiger partial charge in [-0.3, -0.25) is 9.59 Å². The molecule has 2 rings (SSSR count). The lowest BCUT2D eigenvalue weighted by Crippen LogP contribution is -2.20. The van der Waals surface area contributed by atoms with Gasteiger partial charge in [0.2, 0.25) is 11.2 Å². The Kier molecular flexibility index (Phi) is 4.18. The van der Waals surface area contributed by atoms with Crippen molar-refractivity contribution in [2.75, 3.05) is 14.1 Å². The zero-order valence-electron chi connectivity index (χ0n) is 11.7. The van der Waals surface area contributed by atoms with Gasteiger partial charge in [-0.05, 0) is 12.1 Å². The summed E-state index contributed by atoms with van der Waals surface area (Å²) in [5.74, 6) is -0.392. The molecule has 1 N–H and O–H groups in total. The topological polar surface area (TPSA) is 75.4 Å². The second-order valence-corrected chi connectivity index (χ2v) is 4.64. The van der Waals surface area contributed by atoms with E-state index in [-0.39, 0.29) is 11.4 Å². The molecular formula is C15H15N3O3. The van der Waals surface area contributed by atoms with Crippen molar-refractivity contribution in [2.24, 2.45) is 0 Å². The van der Waals surface area contributed by atoms with E-state index in [2.05, 4.69) is 5.10 Å². The van der Waals surface area contributed by atoms with Crippen LogP contribution in [0.3, 0.4) is 0 Å². The van der Waals surface area contributed by atoms with Gasteiger partial charge < -0.3 is 10.0 Å². The standard InChI is InChI=1S/C15H15N3O3/c1-17(2)8-6-13(20)15-14(21)7-9-18(16-15)11-4-3-5-12(19)10-11/h3-10,19H,1-2H3. The lowest BCUT2D eigenvalue weighted by Gasteiger charge is -2.07. The van der Waals surface area contributed by atoms with Gasteiger partial charge in [0.1, 0.15) is 5.75 Å². The van der Waals surface area contributed by atoms with Gasteiger partial charge in [0.15, 0.2) is 5.69 Å². The van der Waals surface area contributed by atoms with Crippen LogP contribution in [-0.2, 0) is 0 Å². The SMILES string of the molecule is CN(C)C=CC(=O)c1nn(-c2cccc(O)c2)ccc1=O. The molecule has 0 fully saturated rings. The first-order valence-corrected chi connectivity index (χ1v) is 6.26. The van der Waals surface area contributed by atoms with Crippen LogP contribution in [0.15, 0.2) is 53.6 Å². The van der Waals surface area contributed by atoms with Gasteiger partial charge in [-0.1, -0.05) is 6.07 Å². The third-order valence-electron chi connectivity index (χ3n) is 2.66. The fourth-order valence-electron chi connectivity index (χ4n) is 1.65. The molecule has 0 saturated heterocycles. The number of aromatic nitrogens is 2. The Hall–Kier alpha value is -2.89. The summed E-state index contributed by atoms with van der Waals surface area (Å²) in [5, 5.41) is 13.5. The number of phenolic OH excluding ortho intramolecular Hbond substituents is 1. The number of rotatable bonds is 4. The van der Waals surface area contributed by atoms with Crippen molar-refractivity contribution in [3.63, 3.8) is 0 Å². The van der Waals surface area contributed by atoms with E-state index in [0.29, 0.717) is 5.69 Å². The second kappa shape index (κ2) is 6.04. The van der Waals surface area contributed by atoms with Crippen LogP contribution in [0.5, 0.6) is 5.75 Å². The number of hydrogen-bond acceptors (Lipinski definition) is 5. The Morgan fingerprint density at radius 1 is 1.33 bits per heavy atom. The second-order valence-electron chi connectivity index (χ2n) is 4.64. The highest BCUT2D eigenvalue weighted by molar-refractivity contribution is 6.02. The number of aromatic hydroxyl groups is 1. The number of allylic oxidation sites excluding steroid dienone is 1. The van der Waals surface area contributed by atoms with Crippen molar-refractivity contribution < 1.29 is 9.90 Å². The quantitative estimate of drug-likeness (QED) is 0.674. The molecule has 0 aliphatic carbocycles. The average Bonchev–Trinajstić information content (AvgIpc) is 2.45. The third-order valence-corrected chi connectivity index (χ3v) is 2.66. The predicted molar refractivity (Wildman–Crippen MR) is 78.7 cm³/mol. The molecule has 0 saturated carbocycles. The predicted octanol–water partition coefficient (Wildman–Crippen LogP) is 1.20. The van der Waals surface area contributed by atoms with Crippen molar-refractivity contribution in [3.05, 3.63) is 64.7 Å². The van der Waals surface area contributed by atoms with Gasteiger partial charge in [0.05, 0.1) is 5.69 Å². The van der Waals surface area contributed by atoms with Gasteiger partial charge in [-0.2, -0.15) is 5.10 Å². The molecule has 1 heterocycles. The Morgan fingerprint density at radius 2 is 2.10 bits per heavy atom. The summed E-state index contributed by atoms with van der Waals surface area (Å²) in [6.07, 6.45) is 4.29. The van der Waals surface area contributed by atoms with Crippen LogP contribution in [0.2, 0.25) is 0 Å². The molecule has 21 heavy (non-hydrogen) atoms. The maximum Gasteiger partial charge on any atom is 0.211 e. The molecule has 108 valence electrons. The zero-order valence-corrected chi connectivity index (χ0v) is 11.7. The Bertz CT molecular complexity index is 748. The van der Waals surface area contributed by atoms with E-state index in [9.17, 15) is 14.7 Å². The summed E-state index contributed by atoms with van der Waals surface area (Å²) in [5.41, 5.74) is -0.0561. The van der Waals surface area contributed by atoms with Crippen molar-refractivity contribution in [1.29, 1.82) is 0 Å². The average molecular weight is 285 g/mol. The van der Waals surface area contributed by atoms with Crippen LogP contribution in [0.4, 0.5) is 0 Å². The molecule has 0 radical (unpaired) electrons. The van der Waals surface area contributed by atoms with Crippen LogP contribution < -0.4 is 5.43 Å². The summed E-state index contributed by atoms with van der Waals surface area (Å²) in [6, 6.07) is 7.64. The summed E-state index contributed by atoms with van der Waals surface area (Å²) >= 11 is 0. The molecule has 0 aliphatic heterocycles. The monoisotopic (exact) mass is 285 g/mol. The van der Waals surface area contributed by atoms with E-state index in [1.165, 1.54) is 35.2 Å². The van der Waals surface area contributed by atoms with Crippen molar-refractivity contribution >= 4 is 5.78 Å². The maximum atomic E-state index is 12.0. The molecule has 2 aromatic rings. The fraction of sp³-hybridized carbons (Fsp3) is 0.133. The first kappa shape index (κ1) is 14.5. The minimum atomic E-state index is -0.469. The number of nitrogens with zero attached hydrogens (tertiary/aromatic N) is 3. The number of phenols is 1. The van der Waals surface area contributed by atoms with Gasteiger partial charge in [0.25, 0.3) is 0 Å². The highest BCUT2D eigenvalue weighted by Crippen LogP contribution is 2.13. The van der Waals surface area contributed by atoms with Crippen LogP contribution in [-0.4, -0.2) is 39.7 Å². The van der Waals surface area contributed by atoms with Gasteiger partial charge >= 0.3 is 0 Å². The highest BCUT2D eigenvalue weighted by atomic mass is 16.3. The number of benzene rings is 1. The minimum Gasteiger partial charge on any atom is -0.508 e. The van der Waals surface area contributed by atoms with Crippen molar-refractivity contribution in [3.8, 4) is 11.4 Å². The normalized spacial score (nSPS) is 10.8. The van der Waals surface area contributed by atoms with E-state index in [1.807, 2.05) is 0 Å². The van der Waals surface area contributed by atoms with Gasteiger partial charge in [-0.25, -0.2) is 4.68 Å². The molecular weight excluding hydrogens is 270 g/mol. The Morgan fingerprint density at radius 3 is 2.76 bits per heavy atom. The molecule has 0 aliphatic rings. The van der Waals surface area contributed by atoms with Crippen LogP contribution in [0, 0.1) is 0 Å². The van der Waals surface area contributed by atoms with Crippen molar-refractivity contribution in [2.45, 2.75) is 0 Å².